The first kappa shape index (κ1) is 21.7. The number of rotatable bonds is 5. The molecule has 5 nitrogen and oxygen atoms in total. The number of carbonyl (C=O) groups excluding carboxylic acids is 3. The highest BCUT2D eigenvalue weighted by Crippen LogP contribution is 2.28. The van der Waals surface area contributed by atoms with E-state index in [4.69, 9.17) is 4.74 Å². The molecule has 0 spiro atoms. The van der Waals surface area contributed by atoms with Crippen molar-refractivity contribution < 1.29 is 19.1 Å². The minimum Gasteiger partial charge on any atom is -0.484 e. The van der Waals surface area contributed by atoms with E-state index in [2.05, 4.69) is 21.2 Å². The Bertz CT molecular complexity index is 1220. The lowest BCUT2D eigenvalue weighted by Gasteiger charge is -2.13. The van der Waals surface area contributed by atoms with E-state index in [1.807, 2.05) is 26.0 Å². The first-order valence-corrected chi connectivity index (χ1v) is 10.8. The third-order valence-electron chi connectivity index (χ3n) is 5.23. The minimum atomic E-state index is -0.263. The zero-order chi connectivity index (χ0) is 22.8. The molecule has 0 heterocycles. The van der Waals surface area contributed by atoms with Gasteiger partial charge < -0.3 is 10.1 Å². The quantitative estimate of drug-likeness (QED) is 0.376. The van der Waals surface area contributed by atoms with Gasteiger partial charge in [0.25, 0.3) is 5.91 Å². The second-order valence-electron chi connectivity index (χ2n) is 7.58. The predicted molar refractivity (Wildman–Crippen MR) is 127 cm³/mol. The maximum atomic E-state index is 12.5. The van der Waals surface area contributed by atoms with Crippen LogP contribution in [0.1, 0.15) is 37.4 Å². The molecule has 0 atom stereocenters. The highest BCUT2D eigenvalue weighted by atomic mass is 79.9. The lowest BCUT2D eigenvalue weighted by atomic mass is 10.1. The van der Waals surface area contributed by atoms with Crippen LogP contribution in [0.15, 0.2) is 70.7 Å². The van der Waals surface area contributed by atoms with Crippen molar-refractivity contribution in [1.82, 2.24) is 0 Å². The average molecular weight is 490 g/mol. The summed E-state index contributed by atoms with van der Waals surface area (Å²) in [7, 11) is 0. The van der Waals surface area contributed by atoms with Gasteiger partial charge in [-0.1, -0.05) is 52.3 Å². The molecule has 3 aromatic rings. The number of amides is 1. The van der Waals surface area contributed by atoms with Crippen LogP contribution in [0.5, 0.6) is 5.75 Å². The number of Topliss-reactive ketones (excluding diaryl/α,β-unsaturated/α-hetero) is 2. The molecule has 160 valence electrons. The van der Waals surface area contributed by atoms with Gasteiger partial charge in [0.2, 0.25) is 0 Å². The Hall–Kier alpha value is -3.51. The molecule has 0 unspecified atom stereocenters. The van der Waals surface area contributed by atoms with Gasteiger partial charge in [-0.3, -0.25) is 14.4 Å². The van der Waals surface area contributed by atoms with E-state index in [0.717, 1.165) is 21.3 Å². The molecule has 0 saturated carbocycles. The Morgan fingerprint density at radius 3 is 2.06 bits per heavy atom. The minimum absolute atomic E-state index is 0.137. The van der Waals surface area contributed by atoms with Gasteiger partial charge >= 0.3 is 0 Å². The van der Waals surface area contributed by atoms with Crippen LogP contribution in [0.4, 0.5) is 5.69 Å². The maximum absolute atomic E-state index is 12.5. The van der Waals surface area contributed by atoms with Gasteiger partial charge in [0, 0.05) is 21.3 Å². The number of halogens is 1. The van der Waals surface area contributed by atoms with Crippen LogP contribution >= 0.6 is 15.9 Å². The van der Waals surface area contributed by atoms with Crippen LogP contribution in [0.25, 0.3) is 6.08 Å². The monoisotopic (exact) mass is 489 g/mol. The summed E-state index contributed by atoms with van der Waals surface area (Å²) in [4.78, 5) is 37.3. The van der Waals surface area contributed by atoms with Crippen molar-refractivity contribution in [3.8, 4) is 5.75 Å². The lowest BCUT2D eigenvalue weighted by molar-refractivity contribution is -0.118. The number of hydrogen-bond donors (Lipinski definition) is 1. The van der Waals surface area contributed by atoms with Crippen molar-refractivity contribution in [1.29, 1.82) is 0 Å². The highest BCUT2D eigenvalue weighted by Gasteiger charge is 2.32. The lowest BCUT2D eigenvalue weighted by Crippen LogP contribution is -2.21. The molecule has 0 fully saturated rings. The van der Waals surface area contributed by atoms with Gasteiger partial charge in [-0.25, -0.2) is 0 Å². The SMILES string of the molecule is Cc1cc(Br)cc(C)c1NC(=O)COc1ccc(C=C2C(=O)c3ccccc3C2=O)cc1. The number of ketones is 2. The number of aryl methyl sites for hydroxylation is 2. The van der Waals surface area contributed by atoms with E-state index in [9.17, 15) is 14.4 Å². The molecule has 1 amide bonds. The maximum Gasteiger partial charge on any atom is 0.262 e. The summed E-state index contributed by atoms with van der Waals surface area (Å²) >= 11 is 3.44. The number of nitrogens with one attached hydrogen (secondary N) is 1. The summed E-state index contributed by atoms with van der Waals surface area (Å²) in [5.41, 5.74) is 4.42. The molecule has 1 aliphatic rings. The second kappa shape index (κ2) is 8.93. The number of allylic oxidation sites excluding steroid dienone is 1. The van der Waals surface area contributed by atoms with Crippen LogP contribution in [0.3, 0.4) is 0 Å². The van der Waals surface area contributed by atoms with Crippen molar-refractivity contribution in [2.24, 2.45) is 0 Å². The van der Waals surface area contributed by atoms with Gasteiger partial charge in [0.05, 0.1) is 5.57 Å². The van der Waals surface area contributed by atoms with Gasteiger partial charge in [-0.05, 0) is 60.9 Å². The molecule has 0 aromatic heterocycles. The van der Waals surface area contributed by atoms with Crippen LogP contribution < -0.4 is 10.1 Å². The molecule has 3 aromatic carbocycles. The van der Waals surface area contributed by atoms with Crippen molar-refractivity contribution in [2.75, 3.05) is 11.9 Å². The number of anilines is 1. The first-order valence-electron chi connectivity index (χ1n) is 10.0. The van der Waals surface area contributed by atoms with Crippen molar-refractivity contribution >= 4 is 45.2 Å². The molecule has 0 radical (unpaired) electrons. The third-order valence-corrected chi connectivity index (χ3v) is 5.69. The summed E-state index contributed by atoms with van der Waals surface area (Å²) in [6.45, 7) is 3.72. The van der Waals surface area contributed by atoms with Crippen LogP contribution in [0, 0.1) is 13.8 Å². The van der Waals surface area contributed by atoms with E-state index in [1.165, 1.54) is 0 Å². The van der Waals surface area contributed by atoms with E-state index in [1.54, 1.807) is 54.6 Å². The number of fused-ring (bicyclic) bond motifs is 1. The van der Waals surface area contributed by atoms with Gasteiger partial charge in [-0.15, -0.1) is 0 Å². The number of benzene rings is 3. The van der Waals surface area contributed by atoms with Gasteiger partial charge in [0.15, 0.2) is 18.2 Å². The number of carbonyl (C=O) groups is 3. The Morgan fingerprint density at radius 2 is 1.50 bits per heavy atom. The standard InChI is InChI=1S/C26H20BrNO4/c1-15-11-18(27)12-16(2)24(15)28-23(29)14-32-19-9-7-17(8-10-19)13-22-25(30)20-5-3-4-6-21(20)26(22)31/h3-13H,14H2,1-2H3,(H,28,29). The first-order chi connectivity index (χ1) is 15.3. The fraction of sp³-hybridized carbons (Fsp3) is 0.115. The molecule has 1 N–H and O–H groups in total. The fourth-order valence-corrected chi connectivity index (χ4v) is 4.35. The zero-order valence-electron chi connectivity index (χ0n) is 17.6. The summed E-state index contributed by atoms with van der Waals surface area (Å²) < 4.78 is 6.55. The van der Waals surface area contributed by atoms with Crippen LogP contribution in [-0.2, 0) is 4.79 Å². The summed E-state index contributed by atoms with van der Waals surface area (Å²) in [6.07, 6.45) is 1.58. The highest BCUT2D eigenvalue weighted by molar-refractivity contribution is 9.10. The molecular weight excluding hydrogens is 470 g/mol. The largest absolute Gasteiger partial charge is 0.484 e. The molecular formula is C26H20BrNO4. The average Bonchev–Trinajstić information content (AvgIpc) is 3.01. The van der Waals surface area contributed by atoms with Crippen molar-refractivity contribution in [3.05, 3.63) is 98.5 Å². The topological polar surface area (TPSA) is 72.5 Å². The smallest absolute Gasteiger partial charge is 0.262 e. The predicted octanol–water partition coefficient (Wildman–Crippen LogP) is 5.55. The molecule has 1 aliphatic carbocycles. The molecule has 0 bridgehead atoms. The summed E-state index contributed by atoms with van der Waals surface area (Å²) in [5.74, 6) is -0.272. The second-order valence-corrected chi connectivity index (χ2v) is 8.50. The van der Waals surface area contributed by atoms with Gasteiger partial charge in [0.1, 0.15) is 5.75 Å². The summed E-state index contributed by atoms with van der Waals surface area (Å²) in [6, 6.07) is 17.6. The van der Waals surface area contributed by atoms with Crippen LogP contribution in [0.2, 0.25) is 0 Å². The van der Waals surface area contributed by atoms with E-state index in [-0.39, 0.29) is 29.7 Å². The normalized spacial score (nSPS) is 12.5. The van der Waals surface area contributed by atoms with E-state index in [0.29, 0.717) is 22.4 Å². The Kier molecular flexibility index (Phi) is 6.06. The third kappa shape index (κ3) is 4.41. The van der Waals surface area contributed by atoms with Crippen molar-refractivity contribution in [3.63, 3.8) is 0 Å². The van der Waals surface area contributed by atoms with Crippen LogP contribution in [-0.4, -0.2) is 24.1 Å². The molecule has 6 heteroatoms. The van der Waals surface area contributed by atoms with E-state index >= 15 is 0 Å². The Morgan fingerprint density at radius 1 is 0.938 bits per heavy atom. The molecule has 4 rings (SSSR count). The molecule has 32 heavy (non-hydrogen) atoms. The Balaban J connectivity index is 1.40. The summed E-state index contributed by atoms with van der Waals surface area (Å²) in [5, 5.41) is 2.88. The molecule has 0 saturated heterocycles. The van der Waals surface area contributed by atoms with Crippen molar-refractivity contribution in [2.45, 2.75) is 13.8 Å². The number of hydrogen-bond acceptors (Lipinski definition) is 4. The Labute approximate surface area is 194 Å². The molecule has 0 aliphatic heterocycles. The zero-order valence-corrected chi connectivity index (χ0v) is 19.2. The fourth-order valence-electron chi connectivity index (χ4n) is 3.66. The van der Waals surface area contributed by atoms with E-state index < -0.39 is 0 Å². The van der Waals surface area contributed by atoms with Gasteiger partial charge in [-0.2, -0.15) is 0 Å². The number of ether oxygens (including phenoxy) is 1.